The summed E-state index contributed by atoms with van der Waals surface area (Å²) in [5.74, 6) is 0.937. The van der Waals surface area contributed by atoms with Gasteiger partial charge in [0, 0.05) is 43.6 Å². The third kappa shape index (κ3) is 5.05. The summed E-state index contributed by atoms with van der Waals surface area (Å²) in [7, 11) is 0. The Morgan fingerprint density at radius 2 is 2.07 bits per heavy atom. The van der Waals surface area contributed by atoms with Gasteiger partial charge in [0.05, 0.1) is 12.7 Å². The maximum Gasteiger partial charge on any atom is 0.209 e. The van der Waals surface area contributed by atoms with E-state index in [0.717, 1.165) is 19.6 Å². The number of piperazine rings is 1. The van der Waals surface area contributed by atoms with Gasteiger partial charge in [-0.05, 0) is 23.8 Å². The van der Waals surface area contributed by atoms with Crippen LogP contribution in [-0.4, -0.2) is 34.5 Å². The molecule has 3 aromatic rings. The Labute approximate surface area is 169 Å². The summed E-state index contributed by atoms with van der Waals surface area (Å²) in [5, 5.41) is 3.42. The maximum absolute atomic E-state index is 13.4. The highest BCUT2D eigenvalue weighted by Gasteiger charge is 2.25. The van der Waals surface area contributed by atoms with Crippen molar-refractivity contribution in [3.63, 3.8) is 0 Å². The zero-order valence-electron chi connectivity index (χ0n) is 14.5. The Hall–Kier alpha value is -1.99. The first-order valence-electron chi connectivity index (χ1n) is 8.35. The van der Waals surface area contributed by atoms with E-state index in [1.807, 2.05) is 18.3 Å². The largest absolute Gasteiger partial charge is 0.439 e. The van der Waals surface area contributed by atoms with Gasteiger partial charge in [-0.25, -0.2) is 9.37 Å². The standard InChI is InChI=1S/C19H19FN4O.2ClH/c20-16-5-1-3-14(9-16)18-12-23-19(25-18)13-24-8-7-22-11-17(24)15-4-2-6-21-10-15;;/h1-6,9-10,12,17,22H,7-8,11,13H2;2*1H. The zero-order chi connectivity index (χ0) is 17.1. The lowest BCUT2D eigenvalue weighted by Gasteiger charge is -2.35. The maximum atomic E-state index is 13.4. The zero-order valence-corrected chi connectivity index (χ0v) is 16.2. The van der Waals surface area contributed by atoms with Gasteiger partial charge in [0.2, 0.25) is 5.89 Å². The molecular formula is C19H21Cl2FN4O. The predicted octanol–water partition coefficient (Wildman–Crippen LogP) is 3.87. The molecule has 0 saturated carbocycles. The molecule has 5 nitrogen and oxygen atoms in total. The van der Waals surface area contributed by atoms with Gasteiger partial charge in [0.1, 0.15) is 5.82 Å². The number of nitrogens with one attached hydrogen (secondary N) is 1. The second kappa shape index (κ2) is 9.80. The van der Waals surface area contributed by atoms with Crippen LogP contribution in [0.15, 0.2) is 59.4 Å². The van der Waals surface area contributed by atoms with Crippen molar-refractivity contribution in [2.75, 3.05) is 19.6 Å². The molecular weight excluding hydrogens is 390 g/mol. The molecule has 4 rings (SSSR count). The third-order valence-corrected chi connectivity index (χ3v) is 4.42. The normalized spacial score (nSPS) is 17.0. The van der Waals surface area contributed by atoms with Gasteiger partial charge in [-0.1, -0.05) is 18.2 Å². The van der Waals surface area contributed by atoms with Crippen molar-refractivity contribution in [2.45, 2.75) is 12.6 Å². The van der Waals surface area contributed by atoms with Crippen LogP contribution < -0.4 is 5.32 Å². The van der Waals surface area contributed by atoms with Crippen LogP contribution in [0.4, 0.5) is 4.39 Å². The summed E-state index contributed by atoms with van der Waals surface area (Å²) >= 11 is 0. The molecule has 144 valence electrons. The smallest absolute Gasteiger partial charge is 0.209 e. The number of benzene rings is 1. The van der Waals surface area contributed by atoms with Crippen molar-refractivity contribution < 1.29 is 8.81 Å². The van der Waals surface area contributed by atoms with Gasteiger partial charge < -0.3 is 9.73 Å². The van der Waals surface area contributed by atoms with Crippen molar-refractivity contribution in [3.05, 3.63) is 72.3 Å². The van der Waals surface area contributed by atoms with Gasteiger partial charge in [0.15, 0.2) is 5.76 Å². The first kappa shape index (κ1) is 21.3. The van der Waals surface area contributed by atoms with Crippen molar-refractivity contribution in [1.82, 2.24) is 20.2 Å². The lowest BCUT2D eigenvalue weighted by atomic mass is 10.1. The van der Waals surface area contributed by atoms with Crippen molar-refractivity contribution >= 4 is 24.8 Å². The highest BCUT2D eigenvalue weighted by atomic mass is 35.5. The van der Waals surface area contributed by atoms with E-state index in [1.54, 1.807) is 18.5 Å². The molecule has 0 radical (unpaired) electrons. The minimum Gasteiger partial charge on any atom is -0.439 e. The monoisotopic (exact) mass is 410 g/mol. The van der Waals surface area contributed by atoms with Crippen molar-refractivity contribution in [3.8, 4) is 11.3 Å². The van der Waals surface area contributed by atoms with Gasteiger partial charge in [-0.2, -0.15) is 0 Å². The molecule has 1 aliphatic heterocycles. The Morgan fingerprint density at radius 3 is 2.85 bits per heavy atom. The van der Waals surface area contributed by atoms with E-state index < -0.39 is 0 Å². The second-order valence-electron chi connectivity index (χ2n) is 6.11. The van der Waals surface area contributed by atoms with E-state index in [1.165, 1.54) is 17.7 Å². The molecule has 3 heterocycles. The SMILES string of the molecule is Cl.Cl.Fc1cccc(-c2cnc(CN3CCNCC3c3cccnc3)o2)c1. The molecule has 8 heteroatoms. The molecule has 2 aromatic heterocycles. The molecule has 0 bridgehead atoms. The molecule has 1 fully saturated rings. The molecule has 0 spiro atoms. The lowest BCUT2D eigenvalue weighted by molar-refractivity contribution is 0.140. The fourth-order valence-electron chi connectivity index (χ4n) is 3.17. The first-order chi connectivity index (χ1) is 12.3. The number of hydrogen-bond acceptors (Lipinski definition) is 5. The van der Waals surface area contributed by atoms with Gasteiger partial charge in [-0.3, -0.25) is 9.88 Å². The minimum atomic E-state index is -0.283. The van der Waals surface area contributed by atoms with Crippen LogP contribution in [0.5, 0.6) is 0 Å². The highest BCUT2D eigenvalue weighted by Crippen LogP contribution is 2.26. The summed E-state index contributed by atoms with van der Waals surface area (Å²) in [5.41, 5.74) is 1.87. The molecule has 27 heavy (non-hydrogen) atoms. The van der Waals surface area contributed by atoms with Gasteiger partial charge >= 0.3 is 0 Å². The average molecular weight is 411 g/mol. The Kier molecular flexibility index (Phi) is 7.74. The molecule has 1 saturated heterocycles. The van der Waals surface area contributed by atoms with Crippen LogP contribution in [0.3, 0.4) is 0 Å². The first-order valence-corrected chi connectivity index (χ1v) is 8.35. The Morgan fingerprint density at radius 1 is 1.19 bits per heavy atom. The number of oxazole rings is 1. The molecule has 1 atom stereocenters. The predicted molar refractivity (Wildman–Crippen MR) is 107 cm³/mol. The molecule has 1 unspecified atom stereocenters. The lowest BCUT2D eigenvalue weighted by Crippen LogP contribution is -2.45. The molecule has 1 aliphatic rings. The van der Waals surface area contributed by atoms with E-state index in [9.17, 15) is 4.39 Å². The van der Waals surface area contributed by atoms with Crippen LogP contribution in [-0.2, 0) is 6.54 Å². The van der Waals surface area contributed by atoms with E-state index >= 15 is 0 Å². The number of aromatic nitrogens is 2. The van der Waals surface area contributed by atoms with Crippen LogP contribution in [0, 0.1) is 5.82 Å². The van der Waals surface area contributed by atoms with E-state index in [4.69, 9.17) is 4.42 Å². The fourth-order valence-corrected chi connectivity index (χ4v) is 3.17. The van der Waals surface area contributed by atoms with Gasteiger partial charge in [-0.15, -0.1) is 24.8 Å². The third-order valence-electron chi connectivity index (χ3n) is 4.42. The topological polar surface area (TPSA) is 54.2 Å². The van der Waals surface area contributed by atoms with E-state index in [2.05, 4.69) is 26.3 Å². The van der Waals surface area contributed by atoms with Crippen LogP contribution >= 0.6 is 24.8 Å². The minimum absolute atomic E-state index is 0. The average Bonchev–Trinajstić information content (AvgIpc) is 3.12. The number of pyridine rings is 1. The summed E-state index contributed by atoms with van der Waals surface area (Å²) < 4.78 is 19.2. The van der Waals surface area contributed by atoms with E-state index in [0.29, 0.717) is 23.8 Å². The van der Waals surface area contributed by atoms with Crippen LogP contribution in [0.1, 0.15) is 17.5 Å². The van der Waals surface area contributed by atoms with E-state index in [-0.39, 0.29) is 36.7 Å². The molecule has 0 aliphatic carbocycles. The van der Waals surface area contributed by atoms with Crippen molar-refractivity contribution in [2.24, 2.45) is 0 Å². The fraction of sp³-hybridized carbons (Fsp3) is 0.263. The highest BCUT2D eigenvalue weighted by molar-refractivity contribution is 5.85. The number of hydrogen-bond donors (Lipinski definition) is 1. The second-order valence-corrected chi connectivity index (χ2v) is 6.11. The van der Waals surface area contributed by atoms with Crippen LogP contribution in [0.2, 0.25) is 0 Å². The molecule has 0 amide bonds. The summed E-state index contributed by atoms with van der Waals surface area (Å²) in [6.45, 7) is 3.30. The number of halogens is 3. The molecule has 1 aromatic carbocycles. The Balaban J connectivity index is 0.00000131. The number of rotatable bonds is 4. The van der Waals surface area contributed by atoms with Crippen LogP contribution in [0.25, 0.3) is 11.3 Å². The van der Waals surface area contributed by atoms with Crippen molar-refractivity contribution in [1.29, 1.82) is 0 Å². The summed E-state index contributed by atoms with van der Waals surface area (Å²) in [6.07, 6.45) is 5.34. The summed E-state index contributed by atoms with van der Waals surface area (Å²) in [6, 6.07) is 10.6. The summed E-state index contributed by atoms with van der Waals surface area (Å²) in [4.78, 5) is 10.9. The molecule has 1 N–H and O–H groups in total. The number of nitrogens with zero attached hydrogens (tertiary/aromatic N) is 3. The van der Waals surface area contributed by atoms with Gasteiger partial charge in [0.25, 0.3) is 0 Å². The Bertz CT molecular complexity index is 846. The quantitative estimate of drug-likeness (QED) is 0.707.